The average molecular weight is 403 g/mol. The van der Waals surface area contributed by atoms with E-state index in [1.165, 1.54) is 0 Å². The van der Waals surface area contributed by atoms with Crippen LogP contribution in [0.15, 0.2) is 91.0 Å². The van der Waals surface area contributed by atoms with Gasteiger partial charge in [-0.15, -0.1) is 0 Å². The molecule has 3 rings (SSSR count). The van der Waals surface area contributed by atoms with Gasteiger partial charge in [0.1, 0.15) is 37.1 Å². The van der Waals surface area contributed by atoms with Gasteiger partial charge in [0.05, 0.1) is 0 Å². The van der Waals surface area contributed by atoms with Crippen LogP contribution in [0.1, 0.15) is 17.3 Å². The van der Waals surface area contributed by atoms with Crippen molar-refractivity contribution in [3.05, 3.63) is 96.6 Å². The SMILES string of the molecule is C=C(C)COc1cccc(C(=O)Nc2cccc(OCCOc3ccccc3)c2)c1. The van der Waals surface area contributed by atoms with Crippen LogP contribution >= 0.6 is 0 Å². The van der Waals surface area contributed by atoms with Crippen LogP contribution in [-0.2, 0) is 0 Å². The summed E-state index contributed by atoms with van der Waals surface area (Å²) in [5, 5.41) is 2.88. The highest BCUT2D eigenvalue weighted by Gasteiger charge is 2.08. The van der Waals surface area contributed by atoms with E-state index in [2.05, 4.69) is 11.9 Å². The van der Waals surface area contributed by atoms with Crippen LogP contribution in [0.3, 0.4) is 0 Å². The second-order valence-electron chi connectivity index (χ2n) is 6.77. The summed E-state index contributed by atoms with van der Waals surface area (Å²) >= 11 is 0. The van der Waals surface area contributed by atoms with E-state index in [9.17, 15) is 4.79 Å². The highest BCUT2D eigenvalue weighted by molar-refractivity contribution is 6.04. The van der Waals surface area contributed by atoms with E-state index in [-0.39, 0.29) is 5.91 Å². The molecule has 3 aromatic carbocycles. The van der Waals surface area contributed by atoms with Crippen LogP contribution in [-0.4, -0.2) is 25.7 Å². The minimum Gasteiger partial charge on any atom is -0.490 e. The Morgan fingerprint density at radius 3 is 2.17 bits per heavy atom. The Bertz CT molecular complexity index is 985. The Balaban J connectivity index is 1.52. The van der Waals surface area contributed by atoms with Crippen LogP contribution in [0.4, 0.5) is 5.69 Å². The summed E-state index contributed by atoms with van der Waals surface area (Å²) in [5.41, 5.74) is 2.07. The minimum atomic E-state index is -0.222. The Hall–Kier alpha value is -3.73. The fourth-order valence-electron chi connectivity index (χ4n) is 2.64. The van der Waals surface area contributed by atoms with E-state index in [0.717, 1.165) is 11.3 Å². The maximum atomic E-state index is 12.6. The molecule has 0 spiro atoms. The third-order valence-corrected chi connectivity index (χ3v) is 4.04. The predicted molar refractivity (Wildman–Crippen MR) is 119 cm³/mol. The van der Waals surface area contributed by atoms with Crippen molar-refractivity contribution in [2.24, 2.45) is 0 Å². The number of carbonyl (C=O) groups excluding carboxylic acids is 1. The molecule has 3 aromatic rings. The maximum Gasteiger partial charge on any atom is 0.255 e. The van der Waals surface area contributed by atoms with Crippen LogP contribution in [0.2, 0.25) is 0 Å². The number of amides is 1. The van der Waals surface area contributed by atoms with Crippen LogP contribution in [0, 0.1) is 0 Å². The summed E-state index contributed by atoms with van der Waals surface area (Å²) in [5.74, 6) is 1.86. The lowest BCUT2D eigenvalue weighted by Crippen LogP contribution is -2.12. The Morgan fingerprint density at radius 1 is 0.800 bits per heavy atom. The molecule has 0 saturated carbocycles. The molecule has 0 bridgehead atoms. The summed E-state index contributed by atoms with van der Waals surface area (Å²) in [6.07, 6.45) is 0. The lowest BCUT2D eigenvalue weighted by Gasteiger charge is -2.11. The molecule has 1 N–H and O–H groups in total. The fourth-order valence-corrected chi connectivity index (χ4v) is 2.64. The molecular formula is C25H25NO4. The molecule has 0 unspecified atom stereocenters. The fraction of sp³-hybridized carbons (Fsp3) is 0.160. The molecule has 0 fully saturated rings. The number of benzene rings is 3. The zero-order valence-electron chi connectivity index (χ0n) is 17.0. The number of anilines is 1. The molecule has 0 heterocycles. The smallest absolute Gasteiger partial charge is 0.255 e. The largest absolute Gasteiger partial charge is 0.490 e. The van der Waals surface area contributed by atoms with Gasteiger partial charge in [0, 0.05) is 17.3 Å². The van der Waals surface area contributed by atoms with Gasteiger partial charge in [-0.05, 0) is 55.0 Å². The van der Waals surface area contributed by atoms with Gasteiger partial charge >= 0.3 is 0 Å². The van der Waals surface area contributed by atoms with Crippen molar-refractivity contribution in [2.75, 3.05) is 25.1 Å². The van der Waals surface area contributed by atoms with E-state index in [1.807, 2.05) is 61.5 Å². The van der Waals surface area contributed by atoms with E-state index in [1.54, 1.807) is 24.3 Å². The first kappa shape index (κ1) is 21.0. The number of rotatable bonds is 10. The molecule has 0 radical (unpaired) electrons. The Labute approximate surface area is 176 Å². The molecule has 0 aliphatic rings. The van der Waals surface area contributed by atoms with Gasteiger partial charge in [0.15, 0.2) is 0 Å². The Morgan fingerprint density at radius 2 is 1.43 bits per heavy atom. The van der Waals surface area contributed by atoms with Gasteiger partial charge in [0.2, 0.25) is 0 Å². The first-order valence-corrected chi connectivity index (χ1v) is 9.69. The summed E-state index contributed by atoms with van der Waals surface area (Å²) in [6, 6.07) is 23.9. The summed E-state index contributed by atoms with van der Waals surface area (Å²) in [6.45, 7) is 6.94. The third-order valence-electron chi connectivity index (χ3n) is 4.04. The minimum absolute atomic E-state index is 0.222. The lowest BCUT2D eigenvalue weighted by atomic mass is 10.2. The topological polar surface area (TPSA) is 56.8 Å². The number of nitrogens with one attached hydrogen (secondary N) is 1. The van der Waals surface area contributed by atoms with Crippen LogP contribution in [0.5, 0.6) is 17.2 Å². The van der Waals surface area contributed by atoms with Crippen molar-refractivity contribution in [3.63, 3.8) is 0 Å². The van der Waals surface area contributed by atoms with E-state index in [4.69, 9.17) is 14.2 Å². The normalized spacial score (nSPS) is 10.2. The first-order chi connectivity index (χ1) is 14.6. The lowest BCUT2D eigenvalue weighted by molar-refractivity contribution is 0.102. The first-order valence-electron chi connectivity index (χ1n) is 9.69. The molecule has 1 amide bonds. The van der Waals surface area contributed by atoms with Crippen LogP contribution in [0.25, 0.3) is 0 Å². The van der Waals surface area contributed by atoms with Crippen molar-refractivity contribution < 1.29 is 19.0 Å². The standard InChI is InChI=1S/C25H25NO4/c1-19(2)18-30-23-12-6-8-20(16-23)25(27)26-21-9-7-13-24(17-21)29-15-14-28-22-10-4-3-5-11-22/h3-13,16-17H,1,14-15,18H2,2H3,(H,26,27). The summed E-state index contributed by atoms with van der Waals surface area (Å²) in [4.78, 5) is 12.6. The van der Waals surface area contributed by atoms with Gasteiger partial charge in [-0.1, -0.05) is 36.9 Å². The van der Waals surface area contributed by atoms with E-state index < -0.39 is 0 Å². The van der Waals surface area contributed by atoms with Crippen molar-refractivity contribution in [3.8, 4) is 17.2 Å². The summed E-state index contributed by atoms with van der Waals surface area (Å²) in [7, 11) is 0. The molecule has 0 aliphatic carbocycles. The predicted octanol–water partition coefficient (Wildman–Crippen LogP) is 5.35. The molecule has 5 nitrogen and oxygen atoms in total. The molecule has 30 heavy (non-hydrogen) atoms. The molecule has 154 valence electrons. The van der Waals surface area contributed by atoms with Gasteiger partial charge in [-0.2, -0.15) is 0 Å². The molecule has 5 heteroatoms. The number of ether oxygens (including phenoxy) is 3. The van der Waals surface area contributed by atoms with Crippen molar-refractivity contribution in [2.45, 2.75) is 6.92 Å². The van der Waals surface area contributed by atoms with E-state index in [0.29, 0.717) is 42.6 Å². The van der Waals surface area contributed by atoms with Gasteiger partial charge in [-0.3, -0.25) is 4.79 Å². The molecule has 0 aliphatic heterocycles. The molecule has 0 atom stereocenters. The van der Waals surface area contributed by atoms with Crippen molar-refractivity contribution >= 4 is 11.6 Å². The second-order valence-corrected chi connectivity index (χ2v) is 6.77. The quantitative estimate of drug-likeness (QED) is 0.366. The van der Waals surface area contributed by atoms with Crippen molar-refractivity contribution in [1.29, 1.82) is 0 Å². The maximum absolute atomic E-state index is 12.6. The average Bonchev–Trinajstić information content (AvgIpc) is 2.76. The number of hydrogen-bond acceptors (Lipinski definition) is 4. The third kappa shape index (κ3) is 6.71. The summed E-state index contributed by atoms with van der Waals surface area (Å²) < 4.78 is 16.9. The highest BCUT2D eigenvalue weighted by atomic mass is 16.5. The zero-order valence-corrected chi connectivity index (χ0v) is 17.0. The van der Waals surface area contributed by atoms with Crippen molar-refractivity contribution in [1.82, 2.24) is 0 Å². The molecular weight excluding hydrogens is 378 g/mol. The highest BCUT2D eigenvalue weighted by Crippen LogP contribution is 2.20. The molecule has 0 saturated heterocycles. The molecule has 0 aromatic heterocycles. The number of carbonyl (C=O) groups is 1. The van der Waals surface area contributed by atoms with Gasteiger partial charge in [0.25, 0.3) is 5.91 Å². The number of para-hydroxylation sites is 1. The zero-order chi connectivity index (χ0) is 21.2. The monoisotopic (exact) mass is 403 g/mol. The van der Waals surface area contributed by atoms with E-state index >= 15 is 0 Å². The number of hydrogen-bond donors (Lipinski definition) is 1. The van der Waals surface area contributed by atoms with Crippen LogP contribution < -0.4 is 19.5 Å². The second kappa shape index (κ2) is 10.7. The Kier molecular flexibility index (Phi) is 7.50. The van der Waals surface area contributed by atoms with Gasteiger partial charge in [-0.25, -0.2) is 0 Å². The van der Waals surface area contributed by atoms with Gasteiger partial charge < -0.3 is 19.5 Å².